The van der Waals surface area contributed by atoms with Crippen molar-refractivity contribution in [1.82, 2.24) is 4.68 Å². The van der Waals surface area contributed by atoms with E-state index in [0.29, 0.717) is 5.56 Å². The summed E-state index contributed by atoms with van der Waals surface area (Å²) >= 11 is 1.51. The molecule has 5 nitrogen and oxygen atoms in total. The van der Waals surface area contributed by atoms with E-state index in [1.807, 2.05) is 17.5 Å². The maximum absolute atomic E-state index is 12.5. The van der Waals surface area contributed by atoms with Gasteiger partial charge in [-0.2, -0.15) is 19.1 Å². The maximum Gasteiger partial charge on any atom is 0.387 e. The molecular formula is C24H22F2N4OS. The minimum Gasteiger partial charge on any atom is -0.435 e. The van der Waals surface area contributed by atoms with Gasteiger partial charge in [-0.3, -0.25) is 4.99 Å². The van der Waals surface area contributed by atoms with Gasteiger partial charge in [0, 0.05) is 10.9 Å². The summed E-state index contributed by atoms with van der Waals surface area (Å²) in [5.74, 6) is 0.110. The molecule has 1 heterocycles. The molecule has 8 heteroatoms. The van der Waals surface area contributed by atoms with Crippen molar-refractivity contribution in [3.8, 4) is 23.1 Å². The number of ether oxygens (including phenoxy) is 1. The Balaban J connectivity index is 1.70. The molecule has 0 spiro atoms. The van der Waals surface area contributed by atoms with Crippen LogP contribution in [0.2, 0.25) is 0 Å². The third kappa shape index (κ3) is 5.48. The molecule has 0 atom stereocenters. The predicted molar refractivity (Wildman–Crippen MR) is 121 cm³/mol. The number of thiazole rings is 1. The van der Waals surface area contributed by atoms with Crippen LogP contribution in [0.1, 0.15) is 43.2 Å². The molecule has 1 aliphatic rings. The lowest BCUT2D eigenvalue weighted by atomic mass is 9.96. The molecule has 3 aromatic rings. The lowest BCUT2D eigenvalue weighted by Gasteiger charge is -2.16. The van der Waals surface area contributed by atoms with E-state index in [0.717, 1.165) is 34.5 Å². The maximum atomic E-state index is 12.5. The zero-order valence-corrected chi connectivity index (χ0v) is 18.1. The van der Waals surface area contributed by atoms with Crippen molar-refractivity contribution in [2.45, 2.75) is 44.8 Å². The van der Waals surface area contributed by atoms with Crippen molar-refractivity contribution in [3.63, 3.8) is 0 Å². The molecule has 0 unspecified atom stereocenters. The predicted octanol–water partition coefficient (Wildman–Crippen LogP) is 5.81. The minimum atomic E-state index is -2.86. The van der Waals surface area contributed by atoms with Crippen LogP contribution in [-0.2, 0) is 0 Å². The van der Waals surface area contributed by atoms with Crippen LogP contribution in [0.3, 0.4) is 0 Å². The fourth-order valence-electron chi connectivity index (χ4n) is 3.64. The monoisotopic (exact) mass is 452 g/mol. The summed E-state index contributed by atoms with van der Waals surface area (Å²) in [4.78, 5) is 5.76. The molecule has 0 radical (unpaired) electrons. The Labute approximate surface area is 188 Å². The van der Waals surface area contributed by atoms with Gasteiger partial charge in [-0.05, 0) is 54.8 Å². The molecule has 0 aliphatic heterocycles. The molecule has 0 saturated heterocycles. The van der Waals surface area contributed by atoms with Gasteiger partial charge in [0.1, 0.15) is 5.75 Å². The number of rotatable bonds is 6. The van der Waals surface area contributed by atoms with Crippen LogP contribution in [0.15, 0.2) is 64.0 Å². The molecule has 0 amide bonds. The largest absolute Gasteiger partial charge is 0.435 e. The summed E-state index contributed by atoms with van der Waals surface area (Å²) in [6.45, 7) is -2.86. The molecule has 1 fully saturated rings. The lowest BCUT2D eigenvalue weighted by molar-refractivity contribution is -0.0498. The zero-order chi connectivity index (χ0) is 22.3. The zero-order valence-electron chi connectivity index (χ0n) is 17.3. The van der Waals surface area contributed by atoms with Gasteiger partial charge in [0.2, 0.25) is 4.80 Å². The summed E-state index contributed by atoms with van der Waals surface area (Å²) in [5, 5.41) is 15.6. The molecule has 2 aromatic carbocycles. The van der Waals surface area contributed by atoms with E-state index < -0.39 is 6.61 Å². The van der Waals surface area contributed by atoms with E-state index in [2.05, 4.69) is 15.9 Å². The number of halogens is 2. The molecule has 1 saturated carbocycles. The number of benzene rings is 2. The second-order valence-electron chi connectivity index (χ2n) is 7.52. The van der Waals surface area contributed by atoms with Gasteiger partial charge in [0.25, 0.3) is 0 Å². The quantitative estimate of drug-likeness (QED) is 0.444. The Morgan fingerprint density at radius 2 is 1.78 bits per heavy atom. The summed E-state index contributed by atoms with van der Waals surface area (Å²) in [6, 6.07) is 16.1. The van der Waals surface area contributed by atoms with Gasteiger partial charge in [0.05, 0.1) is 29.6 Å². The normalized spacial score (nSPS) is 15.4. The first kappa shape index (κ1) is 21.9. The average molecular weight is 453 g/mol. The highest BCUT2D eigenvalue weighted by atomic mass is 32.1. The first-order chi connectivity index (χ1) is 15.6. The molecule has 32 heavy (non-hydrogen) atoms. The topological polar surface area (TPSA) is 62.7 Å². The summed E-state index contributed by atoms with van der Waals surface area (Å²) in [7, 11) is 0. The third-order valence-electron chi connectivity index (χ3n) is 5.29. The van der Waals surface area contributed by atoms with Crippen molar-refractivity contribution in [2.24, 2.45) is 10.1 Å². The lowest BCUT2D eigenvalue weighted by Crippen LogP contribution is -2.19. The highest BCUT2D eigenvalue weighted by Crippen LogP contribution is 2.25. The molecule has 1 aromatic heterocycles. The van der Waals surface area contributed by atoms with Crippen LogP contribution in [0, 0.1) is 11.3 Å². The summed E-state index contributed by atoms with van der Waals surface area (Å²) in [6.07, 6.45) is 7.51. The number of nitriles is 1. The van der Waals surface area contributed by atoms with Gasteiger partial charge in [-0.25, -0.2) is 4.68 Å². The van der Waals surface area contributed by atoms with Crippen LogP contribution in [0.5, 0.6) is 5.75 Å². The van der Waals surface area contributed by atoms with Crippen molar-refractivity contribution in [2.75, 3.05) is 0 Å². The Bertz CT molecular complexity index is 1170. The van der Waals surface area contributed by atoms with Crippen LogP contribution >= 0.6 is 11.3 Å². The summed E-state index contributed by atoms with van der Waals surface area (Å²) in [5.41, 5.74) is 3.09. The highest BCUT2D eigenvalue weighted by molar-refractivity contribution is 7.07. The van der Waals surface area contributed by atoms with E-state index in [4.69, 9.17) is 10.3 Å². The molecular weight excluding hydrogens is 430 g/mol. The number of alkyl halides is 2. The van der Waals surface area contributed by atoms with Gasteiger partial charge < -0.3 is 4.74 Å². The van der Waals surface area contributed by atoms with Gasteiger partial charge in [-0.1, -0.05) is 31.4 Å². The fraction of sp³-hybridized carbons (Fsp3) is 0.292. The third-order valence-corrected chi connectivity index (χ3v) is 6.12. The van der Waals surface area contributed by atoms with Crippen molar-refractivity contribution in [3.05, 3.63) is 69.8 Å². The standard InChI is InChI=1S/C24H22F2N4OS/c25-23(26)31-21-12-10-19(11-13-21)22-16-32-24(29-20-4-2-1-3-5-20)30(22)28-15-18-8-6-17(14-27)7-9-18/h6-13,15-16,20,23H,1-5H2. The van der Waals surface area contributed by atoms with Crippen LogP contribution in [0.25, 0.3) is 11.3 Å². The second kappa shape index (κ2) is 10.3. The fourth-order valence-corrected chi connectivity index (χ4v) is 4.55. The Kier molecular flexibility index (Phi) is 7.07. The Morgan fingerprint density at radius 3 is 2.44 bits per heavy atom. The van der Waals surface area contributed by atoms with E-state index in [9.17, 15) is 8.78 Å². The Hall–Kier alpha value is -3.31. The first-order valence-corrected chi connectivity index (χ1v) is 11.3. The molecule has 4 rings (SSSR count). The highest BCUT2D eigenvalue weighted by Gasteiger charge is 2.14. The van der Waals surface area contributed by atoms with Gasteiger partial charge >= 0.3 is 6.61 Å². The summed E-state index contributed by atoms with van der Waals surface area (Å²) < 4.78 is 31.2. The van der Waals surface area contributed by atoms with Gasteiger partial charge in [-0.15, -0.1) is 11.3 Å². The minimum absolute atomic E-state index is 0.110. The molecule has 0 bridgehead atoms. The Morgan fingerprint density at radius 1 is 1.06 bits per heavy atom. The first-order valence-electron chi connectivity index (χ1n) is 10.5. The van der Waals surface area contributed by atoms with E-state index in [1.54, 1.807) is 35.2 Å². The van der Waals surface area contributed by atoms with Crippen LogP contribution in [-0.4, -0.2) is 23.5 Å². The van der Waals surface area contributed by atoms with Crippen molar-refractivity contribution >= 4 is 17.6 Å². The molecule has 164 valence electrons. The average Bonchev–Trinajstić information content (AvgIpc) is 3.21. The number of hydrogen-bond acceptors (Lipinski definition) is 5. The number of hydrogen-bond donors (Lipinski definition) is 0. The molecule has 1 aliphatic carbocycles. The van der Waals surface area contributed by atoms with Crippen molar-refractivity contribution < 1.29 is 13.5 Å². The van der Waals surface area contributed by atoms with E-state index >= 15 is 0 Å². The van der Waals surface area contributed by atoms with Gasteiger partial charge in [0.15, 0.2) is 0 Å². The molecule has 0 N–H and O–H groups in total. The van der Waals surface area contributed by atoms with Crippen LogP contribution in [0.4, 0.5) is 8.78 Å². The van der Waals surface area contributed by atoms with E-state index in [1.165, 1.54) is 42.7 Å². The van der Waals surface area contributed by atoms with Crippen molar-refractivity contribution in [1.29, 1.82) is 5.26 Å². The smallest absolute Gasteiger partial charge is 0.387 e. The van der Waals surface area contributed by atoms with Crippen LogP contribution < -0.4 is 9.54 Å². The number of nitrogens with zero attached hydrogens (tertiary/aromatic N) is 4. The van der Waals surface area contributed by atoms with E-state index in [-0.39, 0.29) is 11.8 Å². The second-order valence-corrected chi connectivity index (χ2v) is 8.35. The SMILES string of the molecule is N#Cc1ccc(C=Nn2c(-c3ccc(OC(F)F)cc3)csc2=NC2CCCCC2)cc1. The number of aromatic nitrogens is 1.